The molecule has 0 saturated carbocycles. The van der Waals surface area contributed by atoms with Gasteiger partial charge in [-0.1, -0.05) is 30.3 Å². The average molecular weight is 305 g/mol. The maximum absolute atomic E-state index is 5.65. The topological polar surface area (TPSA) is 26.0 Å². The van der Waals surface area contributed by atoms with Crippen molar-refractivity contribution in [2.24, 2.45) is 0 Å². The van der Waals surface area contributed by atoms with E-state index in [-0.39, 0.29) is 0 Å². The minimum absolute atomic E-state index is 0.928. The second-order valence-electron chi connectivity index (χ2n) is 5.40. The van der Waals surface area contributed by atoms with Crippen LogP contribution in [0.3, 0.4) is 0 Å². The van der Waals surface area contributed by atoms with Crippen LogP contribution in [0.25, 0.3) is 32.8 Å². The highest BCUT2D eigenvalue weighted by Gasteiger charge is 2.12. The van der Waals surface area contributed by atoms with Crippen molar-refractivity contribution in [1.82, 2.24) is 4.98 Å². The number of nitrogens with zero attached hydrogens (tertiary/aromatic N) is 1. The molecule has 0 saturated heterocycles. The van der Waals surface area contributed by atoms with Crippen LogP contribution >= 0.6 is 11.3 Å². The summed E-state index contributed by atoms with van der Waals surface area (Å²) in [6, 6.07) is 18.7. The molecule has 0 atom stereocenters. The highest BCUT2D eigenvalue weighted by atomic mass is 32.1. The zero-order chi connectivity index (χ0) is 15.1. The third-order valence-corrected chi connectivity index (χ3v) is 4.75. The highest BCUT2D eigenvalue weighted by Crippen LogP contribution is 2.34. The van der Waals surface area contributed by atoms with Gasteiger partial charge in [-0.15, -0.1) is 11.3 Å². The molecule has 4 aromatic rings. The molecule has 2 aromatic carbocycles. The second-order valence-corrected chi connectivity index (χ2v) is 6.60. The number of rotatable bonds is 2. The molecule has 0 aliphatic carbocycles. The molecule has 0 radical (unpaired) electrons. The summed E-state index contributed by atoms with van der Waals surface area (Å²) in [4.78, 5) is 6.09. The minimum Gasteiger partial charge on any atom is -0.461 e. The number of hydrogen-bond donors (Lipinski definition) is 0. The lowest BCUT2D eigenvalue weighted by Gasteiger charge is -1.98. The monoisotopic (exact) mass is 305 g/mol. The normalized spacial score (nSPS) is 11.2. The first-order valence-corrected chi connectivity index (χ1v) is 8.06. The van der Waals surface area contributed by atoms with Crippen molar-refractivity contribution in [3.63, 3.8) is 0 Å². The van der Waals surface area contributed by atoms with Crippen molar-refractivity contribution in [3.8, 4) is 21.8 Å². The number of hydrogen-bond acceptors (Lipinski definition) is 3. The van der Waals surface area contributed by atoms with Crippen molar-refractivity contribution in [2.45, 2.75) is 13.8 Å². The van der Waals surface area contributed by atoms with E-state index in [1.807, 2.05) is 31.2 Å². The molecule has 0 amide bonds. The Hall–Kier alpha value is -2.39. The molecule has 3 heteroatoms. The van der Waals surface area contributed by atoms with E-state index >= 15 is 0 Å². The molecule has 4 rings (SSSR count). The molecule has 0 aliphatic heterocycles. The van der Waals surface area contributed by atoms with Gasteiger partial charge in [-0.3, -0.25) is 0 Å². The molecule has 0 bridgehead atoms. The van der Waals surface area contributed by atoms with Gasteiger partial charge in [0, 0.05) is 21.4 Å². The Balaban J connectivity index is 1.82. The van der Waals surface area contributed by atoms with Gasteiger partial charge in [0.15, 0.2) is 0 Å². The lowest BCUT2D eigenvalue weighted by molar-refractivity contribution is 0.578. The molecular formula is C19H15NOS. The Morgan fingerprint density at radius 2 is 1.73 bits per heavy atom. The lowest BCUT2D eigenvalue weighted by Crippen LogP contribution is -1.81. The van der Waals surface area contributed by atoms with E-state index in [2.05, 4.69) is 37.3 Å². The quantitative estimate of drug-likeness (QED) is 0.465. The van der Waals surface area contributed by atoms with Crippen molar-refractivity contribution >= 4 is 22.3 Å². The Labute approximate surface area is 133 Å². The van der Waals surface area contributed by atoms with Gasteiger partial charge in [0.05, 0.1) is 5.69 Å². The predicted octanol–water partition coefficient (Wildman–Crippen LogP) is 5.84. The molecule has 2 aromatic heterocycles. The molecule has 2 nitrogen and oxygen atoms in total. The molecular weight excluding hydrogens is 290 g/mol. The zero-order valence-corrected chi connectivity index (χ0v) is 13.3. The van der Waals surface area contributed by atoms with Crippen LogP contribution in [0.4, 0.5) is 0 Å². The van der Waals surface area contributed by atoms with Gasteiger partial charge in [-0.25, -0.2) is 4.98 Å². The molecule has 0 aliphatic rings. The first-order valence-electron chi connectivity index (χ1n) is 7.24. The number of thiazole rings is 1. The number of benzene rings is 2. The van der Waals surface area contributed by atoms with Gasteiger partial charge in [0.1, 0.15) is 16.4 Å². The summed E-state index contributed by atoms with van der Waals surface area (Å²) in [5, 5.41) is 2.19. The molecule has 0 fully saturated rings. The molecule has 22 heavy (non-hydrogen) atoms. The molecule has 0 unspecified atom stereocenters. The Bertz CT molecular complexity index is 950. The summed E-state index contributed by atoms with van der Waals surface area (Å²) in [7, 11) is 0. The van der Waals surface area contributed by atoms with E-state index in [0.29, 0.717) is 0 Å². The van der Waals surface area contributed by atoms with Gasteiger partial charge in [-0.2, -0.15) is 0 Å². The first-order chi connectivity index (χ1) is 10.7. The minimum atomic E-state index is 0.928. The van der Waals surface area contributed by atoms with Crippen LogP contribution in [0.1, 0.15) is 10.6 Å². The number of fused-ring (bicyclic) bond motifs is 1. The van der Waals surface area contributed by atoms with E-state index in [9.17, 15) is 0 Å². The van der Waals surface area contributed by atoms with Crippen molar-refractivity contribution in [1.29, 1.82) is 0 Å². The predicted molar refractivity (Wildman–Crippen MR) is 92.2 cm³/mol. The van der Waals surface area contributed by atoms with Crippen LogP contribution < -0.4 is 0 Å². The third kappa shape index (κ3) is 2.24. The fourth-order valence-electron chi connectivity index (χ4n) is 2.69. The van der Waals surface area contributed by atoms with Crippen LogP contribution in [0.15, 0.2) is 59.0 Å². The van der Waals surface area contributed by atoms with Gasteiger partial charge in [0.25, 0.3) is 0 Å². The lowest BCUT2D eigenvalue weighted by atomic mass is 10.1. The highest BCUT2D eigenvalue weighted by molar-refractivity contribution is 7.15. The largest absolute Gasteiger partial charge is 0.461 e. The fourth-order valence-corrected chi connectivity index (χ4v) is 3.63. The van der Waals surface area contributed by atoms with Crippen LogP contribution in [-0.2, 0) is 0 Å². The van der Waals surface area contributed by atoms with Gasteiger partial charge in [0.2, 0.25) is 0 Å². The summed E-state index contributed by atoms with van der Waals surface area (Å²) in [5.74, 6) is 0.937. The number of aryl methyl sites for hydroxylation is 2. The SMILES string of the molecule is Cc1cc2cc(-c3nc(-c4ccccc4)sc3C)ccc2o1. The Morgan fingerprint density at radius 1 is 0.909 bits per heavy atom. The van der Waals surface area contributed by atoms with E-state index in [1.165, 1.54) is 10.4 Å². The number of furan rings is 1. The van der Waals surface area contributed by atoms with Crippen molar-refractivity contribution in [2.75, 3.05) is 0 Å². The maximum Gasteiger partial charge on any atom is 0.134 e. The van der Waals surface area contributed by atoms with Crippen LogP contribution in [0.2, 0.25) is 0 Å². The van der Waals surface area contributed by atoms with Crippen molar-refractivity contribution in [3.05, 3.63) is 65.2 Å². The Kier molecular flexibility index (Phi) is 3.09. The van der Waals surface area contributed by atoms with Gasteiger partial charge >= 0.3 is 0 Å². The third-order valence-electron chi connectivity index (χ3n) is 3.73. The van der Waals surface area contributed by atoms with Crippen LogP contribution in [0, 0.1) is 13.8 Å². The average Bonchev–Trinajstić information content (AvgIpc) is 3.09. The van der Waals surface area contributed by atoms with E-state index in [4.69, 9.17) is 9.40 Å². The van der Waals surface area contributed by atoms with Crippen molar-refractivity contribution < 1.29 is 4.42 Å². The number of aromatic nitrogens is 1. The smallest absolute Gasteiger partial charge is 0.134 e. The zero-order valence-electron chi connectivity index (χ0n) is 12.5. The standard InChI is InChI=1S/C19H15NOS/c1-12-10-16-11-15(8-9-17(16)21-12)18-13(2)22-19(20-18)14-6-4-3-5-7-14/h3-11H,1-2H3. The Morgan fingerprint density at radius 3 is 2.55 bits per heavy atom. The molecule has 108 valence electrons. The van der Waals surface area contributed by atoms with Gasteiger partial charge in [-0.05, 0) is 38.1 Å². The molecule has 0 spiro atoms. The van der Waals surface area contributed by atoms with E-state index < -0.39 is 0 Å². The summed E-state index contributed by atoms with van der Waals surface area (Å²) < 4.78 is 5.65. The molecule has 2 heterocycles. The molecule has 0 N–H and O–H groups in total. The summed E-state index contributed by atoms with van der Waals surface area (Å²) >= 11 is 1.74. The summed E-state index contributed by atoms with van der Waals surface area (Å²) in [6.07, 6.45) is 0. The summed E-state index contributed by atoms with van der Waals surface area (Å²) in [5.41, 5.74) is 4.30. The van der Waals surface area contributed by atoms with Crippen LogP contribution in [0.5, 0.6) is 0 Å². The first kappa shape index (κ1) is 13.3. The maximum atomic E-state index is 5.65. The van der Waals surface area contributed by atoms with Crippen LogP contribution in [-0.4, -0.2) is 4.98 Å². The van der Waals surface area contributed by atoms with E-state index in [0.717, 1.165) is 33.0 Å². The second kappa shape index (κ2) is 5.11. The summed E-state index contributed by atoms with van der Waals surface area (Å²) in [6.45, 7) is 4.10. The fraction of sp³-hybridized carbons (Fsp3) is 0.105. The van der Waals surface area contributed by atoms with E-state index in [1.54, 1.807) is 11.3 Å². The van der Waals surface area contributed by atoms with Gasteiger partial charge < -0.3 is 4.42 Å².